The minimum Gasteiger partial charge on any atom is -0.497 e. The summed E-state index contributed by atoms with van der Waals surface area (Å²) >= 11 is 0. The molecule has 0 bridgehead atoms. The van der Waals surface area contributed by atoms with E-state index < -0.39 is 0 Å². The highest BCUT2D eigenvalue weighted by Crippen LogP contribution is 2.38. The standard InChI is InChI=1S/C24H29NO2/c1-24(13-10-20-16-21(27-2)8-9-22(20)23(24)26)17-25-14-11-19(12-15-25)18-6-4-3-5-7-18/h3-9,16,19H,10-15,17H2,1-2H3. The lowest BCUT2D eigenvalue weighted by Crippen LogP contribution is -2.46. The molecule has 1 fully saturated rings. The van der Waals surface area contributed by atoms with E-state index in [-0.39, 0.29) is 5.41 Å². The molecule has 0 aromatic heterocycles. The Morgan fingerprint density at radius 2 is 1.85 bits per heavy atom. The van der Waals surface area contributed by atoms with Crippen LogP contribution in [0.5, 0.6) is 5.75 Å². The lowest BCUT2D eigenvalue weighted by atomic mass is 9.71. The molecule has 1 aliphatic carbocycles. The van der Waals surface area contributed by atoms with Gasteiger partial charge in [-0.15, -0.1) is 0 Å². The second-order valence-electron chi connectivity index (χ2n) is 8.37. The molecule has 3 nitrogen and oxygen atoms in total. The Hall–Kier alpha value is -2.13. The van der Waals surface area contributed by atoms with E-state index >= 15 is 0 Å². The van der Waals surface area contributed by atoms with Crippen LogP contribution >= 0.6 is 0 Å². The lowest BCUT2D eigenvalue weighted by Gasteiger charge is -2.40. The summed E-state index contributed by atoms with van der Waals surface area (Å²) in [4.78, 5) is 15.7. The van der Waals surface area contributed by atoms with Crippen LogP contribution in [0.3, 0.4) is 0 Å². The number of likely N-dealkylation sites (tertiary alicyclic amines) is 1. The summed E-state index contributed by atoms with van der Waals surface area (Å²) in [6.45, 7) is 5.19. The van der Waals surface area contributed by atoms with Crippen molar-refractivity contribution in [2.45, 2.75) is 38.5 Å². The zero-order valence-electron chi connectivity index (χ0n) is 16.4. The van der Waals surface area contributed by atoms with Crippen LogP contribution < -0.4 is 4.74 Å². The van der Waals surface area contributed by atoms with Gasteiger partial charge in [0.25, 0.3) is 0 Å². The third kappa shape index (κ3) is 3.66. The molecule has 0 radical (unpaired) electrons. The van der Waals surface area contributed by atoms with Crippen molar-refractivity contribution in [1.29, 1.82) is 0 Å². The molecule has 2 aliphatic rings. The zero-order chi connectivity index (χ0) is 18.9. The molecule has 142 valence electrons. The first-order valence-corrected chi connectivity index (χ1v) is 10.1. The third-order valence-corrected chi connectivity index (χ3v) is 6.48. The molecule has 4 rings (SSSR count). The number of carbonyl (C=O) groups excluding carboxylic acids is 1. The third-order valence-electron chi connectivity index (χ3n) is 6.48. The van der Waals surface area contributed by atoms with Crippen molar-refractivity contribution >= 4 is 5.78 Å². The number of ketones is 1. The summed E-state index contributed by atoms with van der Waals surface area (Å²) in [6.07, 6.45) is 4.24. The first kappa shape index (κ1) is 18.2. The lowest BCUT2D eigenvalue weighted by molar-refractivity contribution is 0.0658. The Bertz CT molecular complexity index is 808. The minimum absolute atomic E-state index is 0.277. The second kappa shape index (κ2) is 7.47. The highest BCUT2D eigenvalue weighted by atomic mass is 16.5. The van der Waals surface area contributed by atoms with E-state index in [4.69, 9.17) is 4.74 Å². The number of ether oxygens (including phenoxy) is 1. The molecule has 1 aliphatic heterocycles. The predicted molar refractivity (Wildman–Crippen MR) is 109 cm³/mol. The maximum Gasteiger partial charge on any atom is 0.170 e. The van der Waals surface area contributed by atoms with Crippen LogP contribution in [0.15, 0.2) is 48.5 Å². The average molecular weight is 364 g/mol. The van der Waals surface area contributed by atoms with Gasteiger partial charge in [-0.3, -0.25) is 4.79 Å². The molecule has 0 saturated carbocycles. The molecule has 2 aromatic rings. The highest BCUT2D eigenvalue weighted by Gasteiger charge is 2.40. The molecule has 1 atom stereocenters. The zero-order valence-corrected chi connectivity index (χ0v) is 16.4. The van der Waals surface area contributed by atoms with Crippen LogP contribution in [0, 0.1) is 5.41 Å². The molecule has 2 aromatic carbocycles. The van der Waals surface area contributed by atoms with Crippen molar-refractivity contribution in [1.82, 2.24) is 4.90 Å². The first-order valence-electron chi connectivity index (χ1n) is 10.1. The van der Waals surface area contributed by atoms with E-state index in [1.807, 2.05) is 18.2 Å². The number of methoxy groups -OCH3 is 1. The Kier molecular flexibility index (Phi) is 5.05. The molecule has 27 heavy (non-hydrogen) atoms. The van der Waals surface area contributed by atoms with Gasteiger partial charge in [-0.2, -0.15) is 0 Å². The molecule has 0 spiro atoms. The Morgan fingerprint density at radius 3 is 2.56 bits per heavy atom. The summed E-state index contributed by atoms with van der Waals surface area (Å²) in [5.74, 6) is 1.80. The van der Waals surface area contributed by atoms with Crippen LogP contribution in [-0.2, 0) is 6.42 Å². The number of piperidine rings is 1. The van der Waals surface area contributed by atoms with E-state index in [0.29, 0.717) is 11.7 Å². The van der Waals surface area contributed by atoms with Crippen molar-refractivity contribution < 1.29 is 9.53 Å². The number of aryl methyl sites for hydroxylation is 1. The predicted octanol–water partition coefficient (Wildman–Crippen LogP) is 4.71. The molecule has 0 amide bonds. The van der Waals surface area contributed by atoms with Crippen LogP contribution in [0.4, 0.5) is 0 Å². The Balaban J connectivity index is 1.41. The fourth-order valence-corrected chi connectivity index (χ4v) is 4.77. The van der Waals surface area contributed by atoms with Crippen molar-refractivity contribution in [3.05, 3.63) is 65.2 Å². The van der Waals surface area contributed by atoms with E-state index in [0.717, 1.165) is 49.4 Å². The van der Waals surface area contributed by atoms with Crippen LogP contribution in [0.2, 0.25) is 0 Å². The number of fused-ring (bicyclic) bond motifs is 1. The second-order valence-corrected chi connectivity index (χ2v) is 8.37. The number of nitrogens with zero attached hydrogens (tertiary/aromatic N) is 1. The van der Waals surface area contributed by atoms with Gasteiger partial charge in [0.15, 0.2) is 5.78 Å². The summed E-state index contributed by atoms with van der Waals surface area (Å²) < 4.78 is 5.32. The van der Waals surface area contributed by atoms with E-state index in [1.165, 1.54) is 18.4 Å². The molecule has 1 saturated heterocycles. The van der Waals surface area contributed by atoms with Gasteiger partial charge in [-0.1, -0.05) is 37.3 Å². The van der Waals surface area contributed by atoms with Crippen LogP contribution in [-0.4, -0.2) is 37.4 Å². The van der Waals surface area contributed by atoms with E-state index in [2.05, 4.69) is 42.2 Å². The molecule has 1 heterocycles. The maximum absolute atomic E-state index is 13.2. The molecular formula is C24H29NO2. The van der Waals surface area contributed by atoms with Gasteiger partial charge in [-0.05, 0) is 74.0 Å². The van der Waals surface area contributed by atoms with Gasteiger partial charge in [0.2, 0.25) is 0 Å². The summed E-state index contributed by atoms with van der Waals surface area (Å²) in [6, 6.07) is 16.7. The Labute approximate surface area is 162 Å². The van der Waals surface area contributed by atoms with Gasteiger partial charge in [0.05, 0.1) is 7.11 Å². The fourth-order valence-electron chi connectivity index (χ4n) is 4.77. The normalized spacial score (nSPS) is 23.9. The SMILES string of the molecule is COc1ccc2c(c1)CCC(C)(CN1CCC(c3ccccc3)CC1)C2=O. The van der Waals surface area contributed by atoms with E-state index in [1.54, 1.807) is 7.11 Å². The van der Waals surface area contributed by atoms with Gasteiger partial charge in [0.1, 0.15) is 5.75 Å². The number of benzene rings is 2. The smallest absolute Gasteiger partial charge is 0.170 e. The minimum atomic E-state index is -0.277. The quantitative estimate of drug-likeness (QED) is 0.788. The highest BCUT2D eigenvalue weighted by molar-refractivity contribution is 6.02. The summed E-state index contributed by atoms with van der Waals surface area (Å²) in [5, 5.41) is 0. The van der Waals surface area contributed by atoms with Crippen molar-refractivity contribution in [2.75, 3.05) is 26.7 Å². The topological polar surface area (TPSA) is 29.5 Å². The molecule has 1 unspecified atom stereocenters. The van der Waals surface area contributed by atoms with Crippen molar-refractivity contribution in [2.24, 2.45) is 5.41 Å². The van der Waals surface area contributed by atoms with Gasteiger partial charge >= 0.3 is 0 Å². The number of carbonyl (C=O) groups is 1. The van der Waals surface area contributed by atoms with Crippen LogP contribution in [0.1, 0.15) is 53.6 Å². The molecule has 0 N–H and O–H groups in total. The average Bonchev–Trinajstić information content (AvgIpc) is 2.72. The molecular weight excluding hydrogens is 334 g/mol. The van der Waals surface area contributed by atoms with Gasteiger partial charge in [-0.25, -0.2) is 0 Å². The van der Waals surface area contributed by atoms with Crippen LogP contribution in [0.25, 0.3) is 0 Å². The molecule has 3 heteroatoms. The number of hydrogen-bond acceptors (Lipinski definition) is 3. The maximum atomic E-state index is 13.2. The monoisotopic (exact) mass is 363 g/mol. The number of rotatable bonds is 4. The number of Topliss-reactive ketones (excluding diaryl/α,β-unsaturated/α-hetero) is 1. The fraction of sp³-hybridized carbons (Fsp3) is 0.458. The summed E-state index contributed by atoms with van der Waals surface area (Å²) in [7, 11) is 1.68. The largest absolute Gasteiger partial charge is 0.497 e. The van der Waals surface area contributed by atoms with Gasteiger partial charge < -0.3 is 9.64 Å². The van der Waals surface area contributed by atoms with Crippen molar-refractivity contribution in [3.63, 3.8) is 0 Å². The summed E-state index contributed by atoms with van der Waals surface area (Å²) in [5.41, 5.74) is 3.21. The number of hydrogen-bond donors (Lipinski definition) is 0. The van der Waals surface area contributed by atoms with Crippen molar-refractivity contribution in [3.8, 4) is 5.75 Å². The Morgan fingerprint density at radius 1 is 1.11 bits per heavy atom. The van der Waals surface area contributed by atoms with E-state index in [9.17, 15) is 4.79 Å². The first-order chi connectivity index (χ1) is 13.1. The van der Waals surface area contributed by atoms with Gasteiger partial charge in [0, 0.05) is 17.5 Å².